The van der Waals surface area contributed by atoms with E-state index < -0.39 is 0 Å². The average molecular weight is 372 g/mol. The number of thioether (sulfide) groups is 1. The number of anilines is 1. The molecule has 2 rings (SSSR count). The number of ether oxygens (including phenoxy) is 1. The minimum absolute atomic E-state index is 0.0101. The number of carbonyl (C=O) groups is 2. The Balaban J connectivity index is 1.76. The van der Waals surface area contributed by atoms with E-state index in [0.717, 1.165) is 17.0 Å². The van der Waals surface area contributed by atoms with E-state index in [9.17, 15) is 9.59 Å². The Labute approximate surface area is 158 Å². The van der Waals surface area contributed by atoms with Crippen LogP contribution in [-0.2, 0) is 16.1 Å². The first-order valence-electron chi connectivity index (χ1n) is 8.35. The average Bonchev–Trinajstić information content (AvgIpc) is 2.64. The van der Waals surface area contributed by atoms with Gasteiger partial charge in [-0.15, -0.1) is 11.8 Å². The Bertz CT molecular complexity index is 730. The van der Waals surface area contributed by atoms with Crippen molar-refractivity contribution >= 4 is 29.4 Å². The van der Waals surface area contributed by atoms with Crippen molar-refractivity contribution in [3.8, 4) is 0 Å². The van der Waals surface area contributed by atoms with Gasteiger partial charge in [-0.25, -0.2) is 4.79 Å². The molecule has 6 heteroatoms. The van der Waals surface area contributed by atoms with Gasteiger partial charge in [0.1, 0.15) is 0 Å². The number of nitrogens with zero attached hydrogens (tertiary/aromatic N) is 1. The lowest BCUT2D eigenvalue weighted by molar-refractivity contribution is -0.115. The molecule has 0 aliphatic carbocycles. The van der Waals surface area contributed by atoms with Crippen molar-refractivity contribution in [2.45, 2.75) is 24.8 Å². The molecule has 0 fully saturated rings. The van der Waals surface area contributed by atoms with Crippen LogP contribution in [-0.4, -0.2) is 36.8 Å². The Kier molecular flexibility index (Phi) is 7.53. The molecule has 0 radical (unpaired) electrons. The van der Waals surface area contributed by atoms with Crippen LogP contribution >= 0.6 is 11.8 Å². The molecule has 0 saturated carbocycles. The highest BCUT2D eigenvalue weighted by Crippen LogP contribution is 2.19. The van der Waals surface area contributed by atoms with Gasteiger partial charge in [-0.3, -0.25) is 4.79 Å². The smallest absolute Gasteiger partial charge is 0.409 e. The number of carbonyl (C=O) groups excluding carboxylic acids is 2. The normalized spacial score (nSPS) is 10.3. The zero-order valence-electron chi connectivity index (χ0n) is 15.3. The summed E-state index contributed by atoms with van der Waals surface area (Å²) in [5.74, 6) is 0.723. The van der Waals surface area contributed by atoms with Gasteiger partial charge in [0.15, 0.2) is 0 Å². The van der Waals surface area contributed by atoms with Crippen LogP contribution < -0.4 is 5.32 Å². The minimum Gasteiger partial charge on any atom is -0.453 e. The van der Waals surface area contributed by atoms with Crippen LogP contribution in [0.1, 0.15) is 17.5 Å². The second-order valence-corrected chi connectivity index (χ2v) is 7.15. The number of hydrogen-bond donors (Lipinski definition) is 1. The monoisotopic (exact) mass is 372 g/mol. The van der Waals surface area contributed by atoms with Crippen LogP contribution in [0.4, 0.5) is 10.5 Å². The quantitative estimate of drug-likeness (QED) is 0.736. The Hall–Kier alpha value is -2.47. The number of hydrogen-bond acceptors (Lipinski definition) is 4. The fourth-order valence-electron chi connectivity index (χ4n) is 2.31. The van der Waals surface area contributed by atoms with Gasteiger partial charge in [0.05, 0.1) is 7.11 Å². The van der Waals surface area contributed by atoms with Gasteiger partial charge in [0.25, 0.3) is 0 Å². The predicted molar refractivity (Wildman–Crippen MR) is 105 cm³/mol. The highest BCUT2D eigenvalue weighted by Gasteiger charge is 2.09. The van der Waals surface area contributed by atoms with Crippen LogP contribution in [0.2, 0.25) is 0 Å². The molecule has 0 unspecified atom stereocenters. The van der Waals surface area contributed by atoms with Crippen molar-refractivity contribution in [3.63, 3.8) is 0 Å². The van der Waals surface area contributed by atoms with E-state index in [-0.39, 0.29) is 12.0 Å². The van der Waals surface area contributed by atoms with Crippen LogP contribution in [0, 0.1) is 6.92 Å². The summed E-state index contributed by atoms with van der Waals surface area (Å²) in [6, 6.07) is 15.7. The molecule has 0 bridgehead atoms. The molecule has 2 aromatic carbocycles. The summed E-state index contributed by atoms with van der Waals surface area (Å²) in [4.78, 5) is 26.1. The molecule has 26 heavy (non-hydrogen) atoms. The number of rotatable bonds is 7. The number of nitrogens with one attached hydrogen (secondary N) is 1. The first kappa shape index (κ1) is 19.8. The fraction of sp³-hybridized carbons (Fsp3) is 0.300. The van der Waals surface area contributed by atoms with Gasteiger partial charge < -0.3 is 15.0 Å². The van der Waals surface area contributed by atoms with Gasteiger partial charge in [-0.2, -0.15) is 0 Å². The van der Waals surface area contributed by atoms with E-state index in [1.807, 2.05) is 24.3 Å². The molecule has 1 N–H and O–H groups in total. The Morgan fingerprint density at radius 3 is 2.35 bits per heavy atom. The van der Waals surface area contributed by atoms with Gasteiger partial charge in [-0.05, 0) is 36.8 Å². The van der Waals surface area contributed by atoms with Crippen LogP contribution in [0.15, 0.2) is 53.4 Å². The van der Waals surface area contributed by atoms with Crippen LogP contribution in [0.25, 0.3) is 0 Å². The van der Waals surface area contributed by atoms with E-state index in [2.05, 4.69) is 41.2 Å². The molecule has 0 atom stereocenters. The summed E-state index contributed by atoms with van der Waals surface area (Å²) in [5.41, 5.74) is 2.94. The number of aryl methyl sites for hydroxylation is 1. The molecule has 0 saturated heterocycles. The lowest BCUT2D eigenvalue weighted by Gasteiger charge is -2.15. The van der Waals surface area contributed by atoms with E-state index in [1.165, 1.54) is 22.5 Å². The maximum atomic E-state index is 12.1. The fourth-order valence-corrected chi connectivity index (χ4v) is 3.16. The van der Waals surface area contributed by atoms with Crippen LogP contribution in [0.3, 0.4) is 0 Å². The number of amides is 2. The summed E-state index contributed by atoms with van der Waals surface area (Å²) in [6.45, 7) is 2.51. The van der Waals surface area contributed by atoms with E-state index in [1.54, 1.807) is 18.8 Å². The van der Waals surface area contributed by atoms with Crippen molar-refractivity contribution in [2.24, 2.45) is 0 Å². The Morgan fingerprint density at radius 2 is 1.73 bits per heavy atom. The molecule has 0 aliphatic heterocycles. The topological polar surface area (TPSA) is 58.6 Å². The summed E-state index contributed by atoms with van der Waals surface area (Å²) >= 11 is 1.67. The maximum absolute atomic E-state index is 12.1. The standard InChI is InChI=1S/C20H24N2O3S/c1-15-4-10-18(11-5-15)26-13-12-19(23)21-17-8-6-16(7-9-17)14-22(2)20(24)25-3/h4-11H,12-14H2,1-3H3,(H,21,23). The highest BCUT2D eigenvalue weighted by molar-refractivity contribution is 7.99. The van der Waals surface area contributed by atoms with Crippen molar-refractivity contribution in [3.05, 3.63) is 59.7 Å². The second kappa shape index (κ2) is 9.87. The van der Waals surface area contributed by atoms with E-state index >= 15 is 0 Å². The summed E-state index contributed by atoms with van der Waals surface area (Å²) in [6.07, 6.45) is 0.0687. The van der Waals surface area contributed by atoms with Crippen molar-refractivity contribution in [2.75, 3.05) is 25.2 Å². The van der Waals surface area contributed by atoms with Gasteiger partial charge in [0, 0.05) is 36.3 Å². The van der Waals surface area contributed by atoms with Crippen molar-refractivity contribution < 1.29 is 14.3 Å². The van der Waals surface area contributed by atoms with Gasteiger partial charge >= 0.3 is 6.09 Å². The molecule has 2 aromatic rings. The molecule has 0 heterocycles. The lowest BCUT2D eigenvalue weighted by Crippen LogP contribution is -2.25. The second-order valence-electron chi connectivity index (χ2n) is 5.98. The molecule has 2 amide bonds. The zero-order valence-corrected chi connectivity index (χ0v) is 16.1. The number of methoxy groups -OCH3 is 1. The van der Waals surface area contributed by atoms with Crippen molar-refractivity contribution in [1.29, 1.82) is 0 Å². The third kappa shape index (κ3) is 6.44. The largest absolute Gasteiger partial charge is 0.453 e. The molecule has 0 aliphatic rings. The molecule has 5 nitrogen and oxygen atoms in total. The predicted octanol–water partition coefficient (Wildman–Crippen LogP) is 4.31. The Morgan fingerprint density at radius 1 is 1.08 bits per heavy atom. The van der Waals surface area contributed by atoms with Gasteiger partial charge in [-0.1, -0.05) is 29.8 Å². The molecular weight excluding hydrogens is 348 g/mol. The molecular formula is C20H24N2O3S. The molecule has 0 aromatic heterocycles. The van der Waals surface area contributed by atoms with Gasteiger partial charge in [0.2, 0.25) is 5.91 Å². The van der Waals surface area contributed by atoms with Crippen LogP contribution in [0.5, 0.6) is 0 Å². The maximum Gasteiger partial charge on any atom is 0.409 e. The lowest BCUT2D eigenvalue weighted by atomic mass is 10.2. The third-order valence-electron chi connectivity index (χ3n) is 3.76. The van der Waals surface area contributed by atoms with E-state index in [4.69, 9.17) is 0 Å². The summed E-state index contributed by atoms with van der Waals surface area (Å²) < 4.78 is 4.66. The zero-order chi connectivity index (χ0) is 18.9. The first-order chi connectivity index (χ1) is 12.5. The first-order valence-corrected chi connectivity index (χ1v) is 9.34. The highest BCUT2D eigenvalue weighted by atomic mass is 32.2. The minimum atomic E-state index is -0.381. The summed E-state index contributed by atoms with van der Waals surface area (Å²) in [5, 5.41) is 2.89. The number of benzene rings is 2. The summed E-state index contributed by atoms with van der Waals surface area (Å²) in [7, 11) is 3.03. The van der Waals surface area contributed by atoms with Crippen molar-refractivity contribution in [1.82, 2.24) is 4.90 Å². The third-order valence-corrected chi connectivity index (χ3v) is 4.78. The molecule has 0 spiro atoms. The van der Waals surface area contributed by atoms with E-state index in [0.29, 0.717) is 13.0 Å². The SMILES string of the molecule is COC(=O)N(C)Cc1ccc(NC(=O)CCSc2ccc(C)cc2)cc1. The molecule has 138 valence electrons.